The van der Waals surface area contributed by atoms with Gasteiger partial charge < -0.3 is 15.0 Å². The number of benzene rings is 1. The van der Waals surface area contributed by atoms with E-state index in [1.54, 1.807) is 7.11 Å². The summed E-state index contributed by atoms with van der Waals surface area (Å²) in [6, 6.07) is 5.96. The Labute approximate surface area is 114 Å². The zero-order valence-corrected chi connectivity index (χ0v) is 11.9. The third kappa shape index (κ3) is 3.07. The molecule has 4 heteroatoms. The quantitative estimate of drug-likeness (QED) is 0.886. The highest BCUT2D eigenvalue weighted by molar-refractivity contribution is 5.96. The molecule has 1 atom stereocenters. The van der Waals surface area contributed by atoms with Gasteiger partial charge in [-0.05, 0) is 37.6 Å². The Kier molecular flexibility index (Phi) is 4.43. The van der Waals surface area contributed by atoms with Crippen LogP contribution in [0.3, 0.4) is 0 Å². The number of hydrogen-bond donors (Lipinski definition) is 1. The van der Waals surface area contributed by atoms with E-state index in [0.29, 0.717) is 0 Å². The van der Waals surface area contributed by atoms with Crippen LogP contribution in [0.1, 0.15) is 18.9 Å². The van der Waals surface area contributed by atoms with Crippen molar-refractivity contribution in [2.75, 3.05) is 31.6 Å². The van der Waals surface area contributed by atoms with Gasteiger partial charge in [-0.25, -0.2) is 0 Å². The largest absolute Gasteiger partial charge is 0.495 e. The summed E-state index contributed by atoms with van der Waals surface area (Å²) in [6.07, 6.45) is 0.954. The number of aryl methyl sites for hydroxylation is 1. The maximum Gasteiger partial charge on any atom is 0.231 e. The van der Waals surface area contributed by atoms with Crippen LogP contribution >= 0.6 is 0 Å². The number of amides is 1. The maximum atomic E-state index is 12.5. The molecule has 0 spiro atoms. The molecule has 1 fully saturated rings. The molecule has 0 bridgehead atoms. The number of rotatable bonds is 2. The van der Waals surface area contributed by atoms with Crippen LogP contribution in [0.5, 0.6) is 5.75 Å². The first-order valence-electron chi connectivity index (χ1n) is 6.80. The van der Waals surface area contributed by atoms with E-state index in [1.165, 1.54) is 0 Å². The van der Waals surface area contributed by atoms with Crippen molar-refractivity contribution < 1.29 is 9.53 Å². The van der Waals surface area contributed by atoms with Crippen LogP contribution in [-0.2, 0) is 4.79 Å². The average Bonchev–Trinajstić information content (AvgIpc) is 2.40. The molecule has 2 rings (SSSR count). The highest BCUT2D eigenvalue weighted by Crippen LogP contribution is 2.30. The molecular weight excluding hydrogens is 240 g/mol. The molecule has 0 aromatic heterocycles. The SMILES string of the molecule is COc1ccc(C)cc1N1CCCNCC(C)C1=O. The van der Waals surface area contributed by atoms with Crippen LogP contribution in [0.15, 0.2) is 18.2 Å². The van der Waals surface area contributed by atoms with Gasteiger partial charge in [-0.2, -0.15) is 0 Å². The van der Waals surface area contributed by atoms with E-state index in [2.05, 4.69) is 5.32 Å². The lowest BCUT2D eigenvalue weighted by molar-refractivity contribution is -0.122. The molecule has 1 aliphatic heterocycles. The van der Waals surface area contributed by atoms with Gasteiger partial charge in [0.2, 0.25) is 5.91 Å². The minimum atomic E-state index is -0.00878. The van der Waals surface area contributed by atoms with Crippen molar-refractivity contribution in [3.63, 3.8) is 0 Å². The summed E-state index contributed by atoms with van der Waals surface area (Å²) in [5.41, 5.74) is 2.03. The second-order valence-electron chi connectivity index (χ2n) is 5.12. The number of carbonyl (C=O) groups excluding carboxylic acids is 1. The number of nitrogens with one attached hydrogen (secondary N) is 1. The van der Waals surface area contributed by atoms with Gasteiger partial charge >= 0.3 is 0 Å². The highest BCUT2D eigenvalue weighted by Gasteiger charge is 2.25. The molecule has 4 nitrogen and oxygen atoms in total. The van der Waals surface area contributed by atoms with E-state index in [9.17, 15) is 4.79 Å². The Balaban J connectivity index is 2.36. The van der Waals surface area contributed by atoms with Gasteiger partial charge in [-0.3, -0.25) is 4.79 Å². The van der Waals surface area contributed by atoms with Crippen LogP contribution < -0.4 is 15.0 Å². The van der Waals surface area contributed by atoms with E-state index in [0.717, 1.165) is 43.1 Å². The first-order chi connectivity index (χ1) is 9.13. The van der Waals surface area contributed by atoms with Crippen LogP contribution in [0.2, 0.25) is 0 Å². The standard InChI is InChI=1S/C15H22N2O2/c1-11-5-6-14(19-3)13(9-11)17-8-4-7-16-10-12(2)15(17)18/h5-6,9,12,16H,4,7-8,10H2,1-3H3. The number of hydrogen-bond acceptors (Lipinski definition) is 3. The van der Waals surface area contributed by atoms with E-state index < -0.39 is 0 Å². The van der Waals surface area contributed by atoms with Gasteiger partial charge in [-0.15, -0.1) is 0 Å². The molecule has 1 aromatic carbocycles. The second-order valence-corrected chi connectivity index (χ2v) is 5.12. The number of ether oxygens (including phenoxy) is 1. The molecular formula is C15H22N2O2. The summed E-state index contributed by atoms with van der Waals surface area (Å²) >= 11 is 0. The van der Waals surface area contributed by atoms with E-state index in [4.69, 9.17) is 4.74 Å². The third-order valence-corrected chi connectivity index (χ3v) is 3.50. The predicted molar refractivity (Wildman–Crippen MR) is 76.7 cm³/mol. The van der Waals surface area contributed by atoms with Gasteiger partial charge in [0.1, 0.15) is 5.75 Å². The van der Waals surface area contributed by atoms with Crippen molar-refractivity contribution in [3.05, 3.63) is 23.8 Å². The predicted octanol–water partition coefficient (Wildman–Crippen LogP) is 1.97. The fourth-order valence-corrected chi connectivity index (χ4v) is 2.39. The molecule has 1 unspecified atom stereocenters. The minimum Gasteiger partial charge on any atom is -0.495 e. The normalized spacial score (nSPS) is 20.9. The summed E-state index contributed by atoms with van der Waals surface area (Å²) in [4.78, 5) is 14.4. The number of carbonyl (C=O) groups is 1. The van der Waals surface area contributed by atoms with Crippen molar-refractivity contribution in [1.82, 2.24) is 5.32 Å². The summed E-state index contributed by atoms with van der Waals surface area (Å²) in [5.74, 6) is 0.918. The molecule has 1 aromatic rings. The van der Waals surface area contributed by atoms with Crippen LogP contribution in [0.25, 0.3) is 0 Å². The first-order valence-corrected chi connectivity index (χ1v) is 6.80. The van der Waals surface area contributed by atoms with Gasteiger partial charge in [0.25, 0.3) is 0 Å². The first kappa shape index (κ1) is 13.9. The van der Waals surface area contributed by atoms with Crippen molar-refractivity contribution >= 4 is 11.6 Å². The molecule has 0 saturated carbocycles. The van der Waals surface area contributed by atoms with E-state index >= 15 is 0 Å². The summed E-state index contributed by atoms with van der Waals surface area (Å²) in [7, 11) is 1.65. The fourth-order valence-electron chi connectivity index (χ4n) is 2.39. The van der Waals surface area contributed by atoms with Gasteiger partial charge in [0.15, 0.2) is 0 Å². The summed E-state index contributed by atoms with van der Waals surface area (Å²) in [6.45, 7) is 6.42. The minimum absolute atomic E-state index is 0.00878. The summed E-state index contributed by atoms with van der Waals surface area (Å²) in [5, 5.41) is 3.30. The van der Waals surface area contributed by atoms with Crippen molar-refractivity contribution in [2.24, 2.45) is 5.92 Å². The Morgan fingerprint density at radius 1 is 1.42 bits per heavy atom. The Morgan fingerprint density at radius 2 is 2.21 bits per heavy atom. The molecule has 1 N–H and O–H groups in total. The molecule has 1 aliphatic rings. The van der Waals surface area contributed by atoms with E-state index in [1.807, 2.05) is 36.9 Å². The smallest absolute Gasteiger partial charge is 0.231 e. The highest BCUT2D eigenvalue weighted by atomic mass is 16.5. The number of methoxy groups -OCH3 is 1. The molecule has 104 valence electrons. The van der Waals surface area contributed by atoms with Crippen LogP contribution in [0, 0.1) is 12.8 Å². The zero-order chi connectivity index (χ0) is 13.8. The molecule has 1 heterocycles. The fraction of sp³-hybridized carbons (Fsp3) is 0.533. The maximum absolute atomic E-state index is 12.5. The number of anilines is 1. The Hall–Kier alpha value is -1.55. The van der Waals surface area contributed by atoms with Gasteiger partial charge in [0.05, 0.1) is 12.8 Å². The molecule has 0 aliphatic carbocycles. The lowest BCUT2D eigenvalue weighted by atomic mass is 10.1. The molecule has 1 amide bonds. The molecule has 0 radical (unpaired) electrons. The monoisotopic (exact) mass is 262 g/mol. The average molecular weight is 262 g/mol. The summed E-state index contributed by atoms with van der Waals surface area (Å²) < 4.78 is 5.40. The van der Waals surface area contributed by atoms with Crippen molar-refractivity contribution in [3.8, 4) is 5.75 Å². The number of nitrogens with zero attached hydrogens (tertiary/aromatic N) is 1. The topological polar surface area (TPSA) is 41.6 Å². The van der Waals surface area contributed by atoms with Crippen LogP contribution in [0.4, 0.5) is 5.69 Å². The van der Waals surface area contributed by atoms with Crippen molar-refractivity contribution in [1.29, 1.82) is 0 Å². The zero-order valence-electron chi connectivity index (χ0n) is 11.9. The van der Waals surface area contributed by atoms with Gasteiger partial charge in [-0.1, -0.05) is 13.0 Å². The van der Waals surface area contributed by atoms with Crippen LogP contribution in [-0.4, -0.2) is 32.7 Å². The van der Waals surface area contributed by atoms with Crippen molar-refractivity contribution in [2.45, 2.75) is 20.3 Å². The third-order valence-electron chi connectivity index (χ3n) is 3.50. The Morgan fingerprint density at radius 3 is 2.95 bits per heavy atom. The lowest BCUT2D eigenvalue weighted by Gasteiger charge is -2.30. The van der Waals surface area contributed by atoms with E-state index in [-0.39, 0.29) is 11.8 Å². The Bertz CT molecular complexity index is 459. The molecule has 1 saturated heterocycles. The lowest BCUT2D eigenvalue weighted by Crippen LogP contribution is -2.43. The molecule has 19 heavy (non-hydrogen) atoms. The second kappa shape index (κ2) is 6.06. The van der Waals surface area contributed by atoms with Gasteiger partial charge in [0, 0.05) is 19.0 Å².